The molecule has 3 heteroatoms. The minimum atomic E-state index is -0.196. The number of rotatable bonds is 4. The zero-order chi connectivity index (χ0) is 13.9. The molecule has 2 nitrogen and oxygen atoms in total. The van der Waals surface area contributed by atoms with E-state index in [9.17, 15) is 4.39 Å². The van der Waals surface area contributed by atoms with Gasteiger partial charge >= 0.3 is 0 Å². The average Bonchev–Trinajstić information content (AvgIpc) is 2.95. The van der Waals surface area contributed by atoms with Gasteiger partial charge in [0.1, 0.15) is 11.6 Å². The maximum Gasteiger partial charge on any atom is 0.127 e. The van der Waals surface area contributed by atoms with Crippen molar-refractivity contribution in [1.82, 2.24) is 5.32 Å². The molecule has 0 aliphatic carbocycles. The van der Waals surface area contributed by atoms with E-state index in [0.717, 1.165) is 30.8 Å². The van der Waals surface area contributed by atoms with Gasteiger partial charge in [-0.2, -0.15) is 0 Å². The van der Waals surface area contributed by atoms with Crippen LogP contribution < -0.4 is 10.1 Å². The zero-order valence-corrected chi connectivity index (χ0v) is 11.5. The van der Waals surface area contributed by atoms with Gasteiger partial charge in [0.05, 0.1) is 6.61 Å². The SMILES string of the molecule is CNC(Cc1ccc(F)cc1)c1cccc2c1OCC2. The maximum absolute atomic E-state index is 13.0. The highest BCUT2D eigenvalue weighted by Gasteiger charge is 2.21. The summed E-state index contributed by atoms with van der Waals surface area (Å²) >= 11 is 0. The number of benzene rings is 2. The van der Waals surface area contributed by atoms with E-state index in [2.05, 4.69) is 23.5 Å². The van der Waals surface area contributed by atoms with Crippen molar-refractivity contribution in [3.8, 4) is 5.75 Å². The Kier molecular flexibility index (Phi) is 3.70. The average molecular weight is 271 g/mol. The Morgan fingerprint density at radius 1 is 1.20 bits per heavy atom. The van der Waals surface area contributed by atoms with Gasteiger partial charge in [0, 0.05) is 18.0 Å². The standard InChI is InChI=1S/C17H18FNO/c1-19-16(11-12-5-7-14(18)8-6-12)15-4-2-3-13-9-10-20-17(13)15/h2-8,16,19H,9-11H2,1H3. The summed E-state index contributed by atoms with van der Waals surface area (Å²) in [6.45, 7) is 0.763. The zero-order valence-electron chi connectivity index (χ0n) is 11.5. The quantitative estimate of drug-likeness (QED) is 0.921. The number of hydrogen-bond acceptors (Lipinski definition) is 2. The second kappa shape index (κ2) is 5.63. The summed E-state index contributed by atoms with van der Waals surface area (Å²) in [5.41, 5.74) is 3.58. The monoisotopic (exact) mass is 271 g/mol. The molecule has 2 aromatic rings. The number of likely N-dealkylation sites (N-methyl/N-ethyl adjacent to an activating group) is 1. The molecule has 1 aliphatic heterocycles. The molecular formula is C17H18FNO. The predicted octanol–water partition coefficient (Wildman–Crippen LogP) is 3.26. The van der Waals surface area contributed by atoms with E-state index >= 15 is 0 Å². The Hall–Kier alpha value is -1.87. The van der Waals surface area contributed by atoms with Gasteiger partial charge in [-0.3, -0.25) is 0 Å². The number of nitrogens with one attached hydrogen (secondary N) is 1. The lowest BCUT2D eigenvalue weighted by atomic mass is 9.96. The molecule has 0 radical (unpaired) electrons. The maximum atomic E-state index is 13.0. The molecule has 0 aromatic heterocycles. The summed E-state index contributed by atoms with van der Waals surface area (Å²) in [6.07, 6.45) is 1.80. The normalized spacial score (nSPS) is 14.7. The van der Waals surface area contributed by atoms with Crippen molar-refractivity contribution >= 4 is 0 Å². The van der Waals surface area contributed by atoms with E-state index in [0.29, 0.717) is 0 Å². The van der Waals surface area contributed by atoms with Crippen molar-refractivity contribution in [2.75, 3.05) is 13.7 Å². The summed E-state index contributed by atoms with van der Waals surface area (Å²) in [4.78, 5) is 0. The Morgan fingerprint density at radius 3 is 2.75 bits per heavy atom. The first-order valence-corrected chi connectivity index (χ1v) is 6.94. The van der Waals surface area contributed by atoms with Gasteiger partial charge in [0.15, 0.2) is 0 Å². The third-order valence-electron chi connectivity index (χ3n) is 3.82. The lowest BCUT2D eigenvalue weighted by Gasteiger charge is -2.19. The lowest BCUT2D eigenvalue weighted by molar-refractivity contribution is 0.349. The smallest absolute Gasteiger partial charge is 0.127 e. The number of fused-ring (bicyclic) bond motifs is 1. The molecule has 0 saturated heterocycles. The van der Waals surface area contributed by atoms with Crippen molar-refractivity contribution in [2.45, 2.75) is 18.9 Å². The third kappa shape index (κ3) is 2.54. The number of halogens is 1. The highest BCUT2D eigenvalue weighted by molar-refractivity contribution is 5.46. The van der Waals surface area contributed by atoms with Crippen molar-refractivity contribution in [1.29, 1.82) is 0 Å². The van der Waals surface area contributed by atoms with Gasteiger partial charge in [0.2, 0.25) is 0 Å². The molecule has 1 atom stereocenters. The molecule has 20 heavy (non-hydrogen) atoms. The molecule has 0 saturated carbocycles. The lowest BCUT2D eigenvalue weighted by Crippen LogP contribution is -2.19. The number of hydrogen-bond donors (Lipinski definition) is 1. The van der Waals surface area contributed by atoms with E-state index in [1.807, 2.05) is 19.2 Å². The van der Waals surface area contributed by atoms with Crippen molar-refractivity contribution in [3.63, 3.8) is 0 Å². The van der Waals surface area contributed by atoms with Crippen LogP contribution in [0.5, 0.6) is 5.75 Å². The van der Waals surface area contributed by atoms with Gasteiger partial charge in [-0.05, 0) is 36.7 Å². The van der Waals surface area contributed by atoms with Crippen LogP contribution >= 0.6 is 0 Å². The van der Waals surface area contributed by atoms with E-state index in [4.69, 9.17) is 4.74 Å². The van der Waals surface area contributed by atoms with Crippen LogP contribution in [0.25, 0.3) is 0 Å². The van der Waals surface area contributed by atoms with Crippen LogP contribution in [0.15, 0.2) is 42.5 Å². The highest BCUT2D eigenvalue weighted by Crippen LogP contribution is 2.34. The van der Waals surface area contributed by atoms with Gasteiger partial charge in [-0.25, -0.2) is 4.39 Å². The Labute approximate surface area is 118 Å². The van der Waals surface area contributed by atoms with Gasteiger partial charge < -0.3 is 10.1 Å². The van der Waals surface area contributed by atoms with Gasteiger partial charge in [0.25, 0.3) is 0 Å². The van der Waals surface area contributed by atoms with Crippen molar-refractivity contribution in [2.24, 2.45) is 0 Å². The van der Waals surface area contributed by atoms with E-state index in [-0.39, 0.29) is 11.9 Å². The summed E-state index contributed by atoms with van der Waals surface area (Å²) in [6, 6.07) is 13.2. The number of ether oxygens (including phenoxy) is 1. The van der Waals surface area contributed by atoms with Crippen LogP contribution in [0.2, 0.25) is 0 Å². The molecule has 2 aromatic carbocycles. The Bertz CT molecular complexity index is 594. The fraction of sp³-hybridized carbons (Fsp3) is 0.294. The van der Waals surface area contributed by atoms with Crippen LogP contribution in [0.4, 0.5) is 4.39 Å². The van der Waals surface area contributed by atoms with Crippen LogP contribution in [0.1, 0.15) is 22.7 Å². The minimum absolute atomic E-state index is 0.175. The van der Waals surface area contributed by atoms with Crippen LogP contribution in [-0.2, 0) is 12.8 Å². The molecule has 0 fully saturated rings. The van der Waals surface area contributed by atoms with Crippen LogP contribution in [-0.4, -0.2) is 13.7 Å². The van der Waals surface area contributed by atoms with Crippen LogP contribution in [0.3, 0.4) is 0 Å². The topological polar surface area (TPSA) is 21.3 Å². The van der Waals surface area contributed by atoms with Crippen molar-refractivity contribution < 1.29 is 9.13 Å². The fourth-order valence-electron chi connectivity index (χ4n) is 2.74. The molecule has 3 rings (SSSR count). The minimum Gasteiger partial charge on any atom is -0.493 e. The molecule has 0 spiro atoms. The summed E-state index contributed by atoms with van der Waals surface area (Å²) in [7, 11) is 1.95. The summed E-state index contributed by atoms with van der Waals surface area (Å²) in [5, 5.41) is 3.34. The van der Waals surface area contributed by atoms with Gasteiger partial charge in [-0.1, -0.05) is 30.3 Å². The first kappa shape index (κ1) is 13.1. The molecule has 0 bridgehead atoms. The predicted molar refractivity (Wildman–Crippen MR) is 77.5 cm³/mol. The molecule has 0 amide bonds. The van der Waals surface area contributed by atoms with E-state index in [1.165, 1.54) is 23.3 Å². The molecule has 104 valence electrons. The Balaban J connectivity index is 1.87. The molecule has 1 N–H and O–H groups in total. The molecule has 1 unspecified atom stereocenters. The fourth-order valence-corrected chi connectivity index (χ4v) is 2.74. The van der Waals surface area contributed by atoms with Crippen LogP contribution in [0, 0.1) is 5.82 Å². The van der Waals surface area contributed by atoms with Crippen molar-refractivity contribution in [3.05, 3.63) is 65.0 Å². The number of para-hydroxylation sites is 1. The molecule has 1 heterocycles. The highest BCUT2D eigenvalue weighted by atomic mass is 19.1. The molecule has 1 aliphatic rings. The second-order valence-electron chi connectivity index (χ2n) is 5.11. The summed E-state index contributed by atoms with van der Waals surface area (Å²) < 4.78 is 18.7. The third-order valence-corrected chi connectivity index (χ3v) is 3.82. The largest absolute Gasteiger partial charge is 0.493 e. The summed E-state index contributed by atoms with van der Waals surface area (Å²) in [5.74, 6) is 0.827. The first-order chi connectivity index (χ1) is 9.78. The van der Waals surface area contributed by atoms with E-state index < -0.39 is 0 Å². The molecular weight excluding hydrogens is 253 g/mol. The van der Waals surface area contributed by atoms with Gasteiger partial charge in [-0.15, -0.1) is 0 Å². The second-order valence-corrected chi connectivity index (χ2v) is 5.11. The van der Waals surface area contributed by atoms with E-state index in [1.54, 1.807) is 0 Å². The first-order valence-electron chi connectivity index (χ1n) is 6.94. The Morgan fingerprint density at radius 2 is 2.00 bits per heavy atom.